The predicted octanol–water partition coefficient (Wildman–Crippen LogP) is 2.97. The van der Waals surface area contributed by atoms with Crippen LogP contribution >= 0.6 is 0 Å². The Bertz CT molecular complexity index is 185. The highest BCUT2D eigenvalue weighted by atomic mass is 16.5. The van der Waals surface area contributed by atoms with E-state index in [0.717, 1.165) is 6.54 Å². The van der Waals surface area contributed by atoms with Gasteiger partial charge < -0.3 is 10.1 Å². The maximum atomic E-state index is 5.49. The third kappa shape index (κ3) is 3.76. The van der Waals surface area contributed by atoms with Gasteiger partial charge in [0.2, 0.25) is 0 Å². The monoisotopic (exact) mass is 213 g/mol. The summed E-state index contributed by atoms with van der Waals surface area (Å²) in [6.45, 7) is 8.85. The van der Waals surface area contributed by atoms with E-state index in [4.69, 9.17) is 4.74 Å². The van der Waals surface area contributed by atoms with Crippen LogP contribution < -0.4 is 5.32 Å². The molecule has 0 aromatic carbocycles. The van der Waals surface area contributed by atoms with Crippen LogP contribution in [-0.4, -0.2) is 25.8 Å². The van der Waals surface area contributed by atoms with Crippen molar-refractivity contribution in [2.75, 3.05) is 20.2 Å². The molecule has 1 N–H and O–H groups in total. The molecule has 0 spiro atoms. The van der Waals surface area contributed by atoms with Gasteiger partial charge in [-0.25, -0.2) is 0 Å². The molecular weight excluding hydrogens is 186 g/mol. The van der Waals surface area contributed by atoms with E-state index in [1.54, 1.807) is 0 Å². The lowest BCUT2D eigenvalue weighted by molar-refractivity contribution is -0.00732. The van der Waals surface area contributed by atoms with Gasteiger partial charge in [0.1, 0.15) is 0 Å². The summed E-state index contributed by atoms with van der Waals surface area (Å²) in [4.78, 5) is 0. The van der Waals surface area contributed by atoms with Gasteiger partial charge in [0.25, 0.3) is 0 Å². The molecule has 15 heavy (non-hydrogen) atoms. The molecule has 1 rings (SSSR count). The van der Waals surface area contributed by atoms with Gasteiger partial charge in [-0.1, -0.05) is 13.3 Å². The fourth-order valence-corrected chi connectivity index (χ4v) is 2.25. The first-order valence-electron chi connectivity index (χ1n) is 6.29. The van der Waals surface area contributed by atoms with E-state index in [1.165, 1.54) is 38.6 Å². The zero-order chi connectivity index (χ0) is 11.4. The molecule has 0 bridgehead atoms. The van der Waals surface area contributed by atoms with Gasteiger partial charge in [-0.05, 0) is 51.5 Å². The highest BCUT2D eigenvalue weighted by Crippen LogP contribution is 2.45. The van der Waals surface area contributed by atoms with E-state index in [1.807, 2.05) is 7.11 Å². The fourth-order valence-electron chi connectivity index (χ4n) is 2.25. The predicted molar refractivity (Wildman–Crippen MR) is 65.1 cm³/mol. The lowest BCUT2D eigenvalue weighted by Gasteiger charge is -2.44. The first kappa shape index (κ1) is 13.0. The molecule has 0 unspecified atom stereocenters. The average Bonchev–Trinajstić information content (AvgIpc) is 2.16. The molecule has 1 aliphatic carbocycles. The molecule has 2 heteroatoms. The maximum absolute atomic E-state index is 5.49. The highest BCUT2D eigenvalue weighted by Gasteiger charge is 2.37. The quantitative estimate of drug-likeness (QED) is 0.702. The second-order valence-corrected chi connectivity index (χ2v) is 5.60. The molecule has 1 saturated carbocycles. The Kier molecular flexibility index (Phi) is 4.60. The van der Waals surface area contributed by atoms with Crippen LogP contribution in [0, 0.1) is 5.41 Å². The van der Waals surface area contributed by atoms with Crippen molar-refractivity contribution in [3.8, 4) is 0 Å². The number of nitrogens with one attached hydrogen (secondary N) is 1. The third-order valence-electron chi connectivity index (χ3n) is 3.97. The Labute approximate surface area is 94.8 Å². The Balaban J connectivity index is 2.33. The first-order valence-corrected chi connectivity index (χ1v) is 6.29. The zero-order valence-corrected chi connectivity index (χ0v) is 10.9. The Morgan fingerprint density at radius 3 is 2.40 bits per heavy atom. The normalized spacial score (nSPS) is 20.0. The van der Waals surface area contributed by atoms with Crippen molar-refractivity contribution in [2.45, 2.75) is 58.5 Å². The Hall–Kier alpha value is -0.0800. The SMILES string of the molecule is CCNCC1(CCC(C)(C)OC)CCC1. The number of rotatable bonds is 7. The molecule has 0 heterocycles. The van der Waals surface area contributed by atoms with E-state index in [0.29, 0.717) is 5.41 Å². The molecule has 2 nitrogen and oxygen atoms in total. The van der Waals surface area contributed by atoms with Gasteiger partial charge in [0, 0.05) is 13.7 Å². The summed E-state index contributed by atoms with van der Waals surface area (Å²) in [5.41, 5.74) is 0.639. The van der Waals surface area contributed by atoms with Gasteiger partial charge in [0.05, 0.1) is 5.60 Å². The summed E-state index contributed by atoms with van der Waals surface area (Å²) in [7, 11) is 1.82. The van der Waals surface area contributed by atoms with Crippen LogP contribution in [0.4, 0.5) is 0 Å². The fraction of sp³-hybridized carbons (Fsp3) is 1.00. The van der Waals surface area contributed by atoms with Crippen molar-refractivity contribution in [1.29, 1.82) is 0 Å². The van der Waals surface area contributed by atoms with E-state index in [-0.39, 0.29) is 5.60 Å². The summed E-state index contributed by atoms with van der Waals surface area (Å²) < 4.78 is 5.49. The number of hydrogen-bond donors (Lipinski definition) is 1. The van der Waals surface area contributed by atoms with Crippen molar-refractivity contribution in [1.82, 2.24) is 5.32 Å². The van der Waals surface area contributed by atoms with Crippen molar-refractivity contribution >= 4 is 0 Å². The van der Waals surface area contributed by atoms with Crippen LogP contribution in [0.5, 0.6) is 0 Å². The smallest absolute Gasteiger partial charge is 0.0623 e. The number of ether oxygens (including phenoxy) is 1. The largest absolute Gasteiger partial charge is 0.379 e. The van der Waals surface area contributed by atoms with E-state index >= 15 is 0 Å². The first-order chi connectivity index (χ1) is 7.04. The summed E-state index contributed by atoms with van der Waals surface area (Å²) in [5, 5.41) is 3.50. The van der Waals surface area contributed by atoms with Crippen molar-refractivity contribution in [2.24, 2.45) is 5.41 Å². The van der Waals surface area contributed by atoms with Crippen LogP contribution in [0.1, 0.15) is 52.9 Å². The molecule has 0 radical (unpaired) electrons. The van der Waals surface area contributed by atoms with E-state index < -0.39 is 0 Å². The van der Waals surface area contributed by atoms with Gasteiger partial charge in [0.15, 0.2) is 0 Å². The van der Waals surface area contributed by atoms with E-state index in [2.05, 4.69) is 26.1 Å². The molecule has 0 atom stereocenters. The Morgan fingerprint density at radius 1 is 1.33 bits per heavy atom. The lowest BCUT2D eigenvalue weighted by Crippen LogP contribution is -2.41. The molecule has 0 aromatic rings. The molecule has 0 aromatic heterocycles. The summed E-state index contributed by atoms with van der Waals surface area (Å²) in [6, 6.07) is 0. The standard InChI is InChI=1S/C13H27NO/c1-5-14-11-13(7-6-8-13)10-9-12(2,3)15-4/h14H,5-11H2,1-4H3. The molecular formula is C13H27NO. The van der Waals surface area contributed by atoms with Crippen LogP contribution in [0.25, 0.3) is 0 Å². The third-order valence-corrected chi connectivity index (χ3v) is 3.97. The number of hydrogen-bond acceptors (Lipinski definition) is 2. The van der Waals surface area contributed by atoms with E-state index in [9.17, 15) is 0 Å². The summed E-state index contributed by atoms with van der Waals surface area (Å²) in [6.07, 6.45) is 6.70. The van der Waals surface area contributed by atoms with Gasteiger partial charge in [-0.2, -0.15) is 0 Å². The number of methoxy groups -OCH3 is 1. The van der Waals surface area contributed by atoms with Crippen molar-refractivity contribution < 1.29 is 4.74 Å². The molecule has 1 aliphatic rings. The highest BCUT2D eigenvalue weighted by molar-refractivity contribution is 4.91. The average molecular weight is 213 g/mol. The minimum absolute atomic E-state index is 0.0504. The topological polar surface area (TPSA) is 21.3 Å². The van der Waals surface area contributed by atoms with Gasteiger partial charge in [-0.3, -0.25) is 0 Å². The second-order valence-electron chi connectivity index (χ2n) is 5.60. The summed E-state index contributed by atoms with van der Waals surface area (Å²) >= 11 is 0. The van der Waals surface area contributed by atoms with Crippen LogP contribution in [0.3, 0.4) is 0 Å². The lowest BCUT2D eigenvalue weighted by atomic mass is 9.65. The van der Waals surface area contributed by atoms with Crippen molar-refractivity contribution in [3.05, 3.63) is 0 Å². The molecule has 0 saturated heterocycles. The Morgan fingerprint density at radius 2 is 2.00 bits per heavy atom. The minimum Gasteiger partial charge on any atom is -0.379 e. The van der Waals surface area contributed by atoms with Crippen LogP contribution in [0.2, 0.25) is 0 Å². The maximum Gasteiger partial charge on any atom is 0.0623 e. The van der Waals surface area contributed by atoms with Gasteiger partial charge in [-0.15, -0.1) is 0 Å². The minimum atomic E-state index is 0.0504. The molecule has 0 amide bonds. The molecule has 0 aliphatic heterocycles. The molecule has 1 fully saturated rings. The second kappa shape index (κ2) is 5.31. The summed E-state index contributed by atoms with van der Waals surface area (Å²) in [5.74, 6) is 0. The molecule has 90 valence electrons. The van der Waals surface area contributed by atoms with Crippen LogP contribution in [0.15, 0.2) is 0 Å². The van der Waals surface area contributed by atoms with Crippen molar-refractivity contribution in [3.63, 3.8) is 0 Å². The van der Waals surface area contributed by atoms with Gasteiger partial charge >= 0.3 is 0 Å². The van der Waals surface area contributed by atoms with Crippen LogP contribution in [-0.2, 0) is 4.74 Å². The zero-order valence-electron chi connectivity index (χ0n) is 10.9.